The summed E-state index contributed by atoms with van der Waals surface area (Å²) < 4.78 is 5.71. The molecule has 0 radical (unpaired) electrons. The maximum atomic E-state index is 12.8. The van der Waals surface area contributed by atoms with Gasteiger partial charge in [0.15, 0.2) is 0 Å². The molecule has 2 N–H and O–H groups in total. The van der Waals surface area contributed by atoms with Crippen molar-refractivity contribution in [2.24, 2.45) is 5.92 Å². The number of nitrogens with one attached hydrogen (secondary N) is 1. The minimum atomic E-state index is -0.233. The Morgan fingerprint density at radius 3 is 2.52 bits per heavy atom. The van der Waals surface area contributed by atoms with Gasteiger partial charge in [-0.3, -0.25) is 4.79 Å². The van der Waals surface area contributed by atoms with Crippen molar-refractivity contribution in [1.29, 1.82) is 0 Å². The topological polar surface area (TPSA) is 62.5 Å². The molecule has 0 saturated heterocycles. The Kier molecular flexibility index (Phi) is 5.28. The highest BCUT2D eigenvalue weighted by Crippen LogP contribution is 2.32. The smallest absolute Gasteiger partial charge is 0.255 e. The van der Waals surface area contributed by atoms with E-state index in [0.29, 0.717) is 17.2 Å². The summed E-state index contributed by atoms with van der Waals surface area (Å²) in [6.45, 7) is 5.93. The fourth-order valence-electron chi connectivity index (χ4n) is 3.42. The van der Waals surface area contributed by atoms with Crippen LogP contribution in [0.4, 0.5) is 0 Å². The van der Waals surface area contributed by atoms with Crippen LogP contribution in [0.2, 0.25) is 0 Å². The maximum absolute atomic E-state index is 12.8. The van der Waals surface area contributed by atoms with Crippen LogP contribution >= 0.6 is 0 Å². The SMILES string of the molecule is Cc1oc(C(C)C)cc1C(=O)N[C@@H](Cc1ccccc1)C1CC(O)C1. The molecule has 0 unspecified atom stereocenters. The van der Waals surface area contributed by atoms with Crippen molar-refractivity contribution >= 4 is 5.91 Å². The normalized spacial score (nSPS) is 21.0. The Morgan fingerprint density at radius 2 is 1.96 bits per heavy atom. The summed E-state index contributed by atoms with van der Waals surface area (Å²) >= 11 is 0. The summed E-state index contributed by atoms with van der Waals surface area (Å²) in [6.07, 6.45) is 2.04. The number of carbonyl (C=O) groups excluding carboxylic acids is 1. The number of rotatable bonds is 6. The molecule has 0 aliphatic heterocycles. The van der Waals surface area contributed by atoms with E-state index < -0.39 is 0 Å². The summed E-state index contributed by atoms with van der Waals surface area (Å²) in [7, 11) is 0. The van der Waals surface area contributed by atoms with Crippen LogP contribution in [0, 0.1) is 12.8 Å². The number of aryl methyl sites for hydroxylation is 1. The fraction of sp³-hybridized carbons (Fsp3) is 0.476. The lowest BCUT2D eigenvalue weighted by Crippen LogP contribution is -2.48. The van der Waals surface area contributed by atoms with Gasteiger partial charge in [-0.2, -0.15) is 0 Å². The third kappa shape index (κ3) is 4.13. The zero-order chi connectivity index (χ0) is 18.0. The van der Waals surface area contributed by atoms with Gasteiger partial charge in [-0.15, -0.1) is 0 Å². The van der Waals surface area contributed by atoms with Gasteiger partial charge in [0, 0.05) is 12.0 Å². The van der Waals surface area contributed by atoms with E-state index in [0.717, 1.165) is 25.0 Å². The van der Waals surface area contributed by atoms with E-state index in [-0.39, 0.29) is 24.0 Å². The summed E-state index contributed by atoms with van der Waals surface area (Å²) in [5, 5.41) is 12.9. The minimum absolute atomic E-state index is 0.0232. The van der Waals surface area contributed by atoms with Gasteiger partial charge < -0.3 is 14.8 Å². The monoisotopic (exact) mass is 341 g/mol. The molecule has 4 nitrogen and oxygen atoms in total. The minimum Gasteiger partial charge on any atom is -0.465 e. The van der Waals surface area contributed by atoms with Crippen molar-refractivity contribution in [3.8, 4) is 0 Å². The number of furan rings is 1. The van der Waals surface area contributed by atoms with E-state index in [1.807, 2.05) is 45.0 Å². The molecule has 1 aliphatic rings. The molecule has 1 aliphatic carbocycles. The lowest BCUT2D eigenvalue weighted by atomic mass is 9.75. The van der Waals surface area contributed by atoms with Gasteiger partial charge in [0.25, 0.3) is 5.91 Å². The van der Waals surface area contributed by atoms with E-state index in [4.69, 9.17) is 4.42 Å². The van der Waals surface area contributed by atoms with Gasteiger partial charge in [0.05, 0.1) is 11.7 Å². The van der Waals surface area contributed by atoms with Crippen molar-refractivity contribution in [2.75, 3.05) is 0 Å². The Bertz CT molecular complexity index is 714. The van der Waals surface area contributed by atoms with Crippen molar-refractivity contribution < 1.29 is 14.3 Å². The van der Waals surface area contributed by atoms with E-state index in [1.165, 1.54) is 5.56 Å². The average Bonchev–Trinajstić information content (AvgIpc) is 2.94. The van der Waals surface area contributed by atoms with Gasteiger partial charge >= 0.3 is 0 Å². The lowest BCUT2D eigenvalue weighted by molar-refractivity contribution is 0.0239. The van der Waals surface area contributed by atoms with Gasteiger partial charge in [-0.05, 0) is 43.7 Å². The van der Waals surface area contributed by atoms with Crippen LogP contribution in [0.15, 0.2) is 40.8 Å². The molecule has 0 spiro atoms. The number of aliphatic hydroxyl groups excluding tert-OH is 1. The molecule has 1 aromatic heterocycles. The quantitative estimate of drug-likeness (QED) is 0.839. The van der Waals surface area contributed by atoms with Gasteiger partial charge in [0.2, 0.25) is 0 Å². The third-order valence-electron chi connectivity index (χ3n) is 5.08. The second-order valence-corrected chi connectivity index (χ2v) is 7.43. The number of amides is 1. The molecule has 2 aromatic rings. The predicted octanol–water partition coefficient (Wildman–Crippen LogP) is 3.82. The van der Waals surface area contributed by atoms with Crippen LogP contribution in [0.1, 0.15) is 60.0 Å². The number of aliphatic hydroxyl groups is 1. The predicted molar refractivity (Wildman–Crippen MR) is 97.7 cm³/mol. The highest BCUT2D eigenvalue weighted by Gasteiger charge is 2.35. The number of hydrogen-bond acceptors (Lipinski definition) is 3. The molecule has 1 amide bonds. The molecule has 1 fully saturated rings. The first-order valence-electron chi connectivity index (χ1n) is 9.07. The highest BCUT2D eigenvalue weighted by molar-refractivity contribution is 5.95. The molecule has 1 atom stereocenters. The first kappa shape index (κ1) is 17.7. The Morgan fingerprint density at radius 1 is 1.28 bits per heavy atom. The summed E-state index contributed by atoms with van der Waals surface area (Å²) in [5.74, 6) is 1.98. The van der Waals surface area contributed by atoms with Crippen LogP contribution < -0.4 is 5.32 Å². The van der Waals surface area contributed by atoms with Crippen LogP contribution in [0.3, 0.4) is 0 Å². The Hall–Kier alpha value is -2.07. The van der Waals surface area contributed by atoms with Crippen molar-refractivity contribution in [2.45, 2.75) is 58.1 Å². The van der Waals surface area contributed by atoms with Gasteiger partial charge in [-0.1, -0.05) is 44.2 Å². The average molecular weight is 341 g/mol. The zero-order valence-electron chi connectivity index (χ0n) is 15.2. The Labute approximate surface area is 149 Å². The first-order chi connectivity index (χ1) is 11.9. The van der Waals surface area contributed by atoms with Crippen LogP contribution in [0.25, 0.3) is 0 Å². The fourth-order valence-corrected chi connectivity index (χ4v) is 3.42. The molecule has 1 aromatic carbocycles. The van der Waals surface area contributed by atoms with Gasteiger partial charge in [-0.25, -0.2) is 0 Å². The maximum Gasteiger partial charge on any atom is 0.255 e. The first-order valence-corrected chi connectivity index (χ1v) is 9.07. The van der Waals surface area contributed by atoms with Crippen LogP contribution in [0.5, 0.6) is 0 Å². The molecular formula is C21H27NO3. The molecular weight excluding hydrogens is 314 g/mol. The summed E-state index contributed by atoms with van der Waals surface area (Å²) in [5.41, 5.74) is 1.81. The third-order valence-corrected chi connectivity index (χ3v) is 5.08. The number of benzene rings is 1. The molecule has 3 rings (SSSR count). The zero-order valence-corrected chi connectivity index (χ0v) is 15.2. The van der Waals surface area contributed by atoms with Crippen molar-refractivity contribution in [3.05, 3.63) is 59.0 Å². The number of hydrogen-bond donors (Lipinski definition) is 2. The van der Waals surface area contributed by atoms with E-state index in [9.17, 15) is 9.90 Å². The summed E-state index contributed by atoms with van der Waals surface area (Å²) in [4.78, 5) is 12.8. The summed E-state index contributed by atoms with van der Waals surface area (Å²) in [6, 6.07) is 12.0. The molecule has 1 saturated carbocycles. The lowest BCUT2D eigenvalue weighted by Gasteiger charge is -2.38. The van der Waals surface area contributed by atoms with Crippen LogP contribution in [-0.2, 0) is 6.42 Å². The van der Waals surface area contributed by atoms with Gasteiger partial charge in [0.1, 0.15) is 11.5 Å². The second-order valence-electron chi connectivity index (χ2n) is 7.43. The molecule has 25 heavy (non-hydrogen) atoms. The Balaban J connectivity index is 1.74. The molecule has 1 heterocycles. The highest BCUT2D eigenvalue weighted by atomic mass is 16.3. The van der Waals surface area contributed by atoms with E-state index in [2.05, 4.69) is 17.4 Å². The standard InChI is InChI=1S/C21H27NO3/c1-13(2)20-12-18(14(3)25-20)21(24)22-19(16-10-17(23)11-16)9-15-7-5-4-6-8-15/h4-8,12-13,16-17,19,23H,9-11H2,1-3H3,(H,22,24)/t16?,17?,19-/m0/s1. The molecule has 134 valence electrons. The second kappa shape index (κ2) is 7.44. The van der Waals surface area contributed by atoms with E-state index >= 15 is 0 Å². The number of carbonyl (C=O) groups is 1. The van der Waals surface area contributed by atoms with Crippen molar-refractivity contribution in [1.82, 2.24) is 5.32 Å². The van der Waals surface area contributed by atoms with Crippen molar-refractivity contribution in [3.63, 3.8) is 0 Å². The molecule has 4 heteroatoms. The van der Waals surface area contributed by atoms with E-state index in [1.54, 1.807) is 0 Å². The molecule has 0 bridgehead atoms. The van der Waals surface area contributed by atoms with Crippen LogP contribution in [-0.4, -0.2) is 23.2 Å². The largest absolute Gasteiger partial charge is 0.465 e.